The maximum Gasteiger partial charge on any atom is 0.115 e. The fourth-order valence-electron chi connectivity index (χ4n) is 2.93. The van der Waals surface area contributed by atoms with Crippen LogP contribution in [0.4, 0.5) is 4.39 Å². The lowest BCUT2D eigenvalue weighted by atomic mass is 9.85. The van der Waals surface area contributed by atoms with E-state index in [2.05, 4.69) is 13.8 Å². The highest BCUT2D eigenvalue weighted by molar-refractivity contribution is 5.03. The topological polar surface area (TPSA) is 3.24 Å². The van der Waals surface area contributed by atoms with E-state index in [1.54, 1.807) is 4.90 Å². The Morgan fingerprint density at radius 1 is 1.69 bits per heavy atom. The maximum absolute atomic E-state index is 13.5. The molecule has 0 radical (unpaired) electrons. The monoisotopic (exact) mass is 187 g/mol. The van der Waals surface area contributed by atoms with Crippen LogP contribution in [0, 0.1) is 5.92 Å². The maximum atomic E-state index is 13.5. The highest BCUT2D eigenvalue weighted by Crippen LogP contribution is 2.43. The van der Waals surface area contributed by atoms with Crippen molar-refractivity contribution in [1.29, 1.82) is 0 Å². The van der Waals surface area contributed by atoms with Crippen LogP contribution in [0.1, 0.15) is 42.3 Å². The summed E-state index contributed by atoms with van der Waals surface area (Å²) < 4.78 is 29.3. The Hall–Kier alpha value is -0.110. The van der Waals surface area contributed by atoms with Gasteiger partial charge in [-0.2, -0.15) is 0 Å². The van der Waals surface area contributed by atoms with Gasteiger partial charge in [0, 0.05) is 14.8 Å². The number of hydrogen-bond acceptors (Lipinski definition) is 1. The second kappa shape index (κ2) is 3.23. The molecule has 0 unspecified atom stereocenters. The van der Waals surface area contributed by atoms with E-state index in [0.29, 0.717) is 25.3 Å². The third-order valence-electron chi connectivity index (χ3n) is 3.24. The number of fused-ring (bicyclic) bond motifs is 1. The molecule has 13 heavy (non-hydrogen) atoms. The van der Waals surface area contributed by atoms with E-state index in [1.165, 1.54) is 0 Å². The van der Waals surface area contributed by atoms with Crippen LogP contribution in [-0.4, -0.2) is 29.7 Å². The highest BCUT2D eigenvalue weighted by atomic mass is 19.1. The average molecular weight is 187 g/mol. The number of hydrogen-bond donors (Lipinski definition) is 0. The van der Waals surface area contributed by atoms with Gasteiger partial charge in [0.15, 0.2) is 0 Å². The van der Waals surface area contributed by atoms with Gasteiger partial charge in [-0.1, -0.05) is 13.8 Å². The molecule has 0 saturated carbocycles. The zero-order valence-electron chi connectivity index (χ0n) is 10.5. The predicted molar refractivity (Wildman–Crippen MR) is 52.5 cm³/mol. The zero-order chi connectivity index (χ0) is 11.3. The summed E-state index contributed by atoms with van der Waals surface area (Å²) in [5.74, 6) is 0.506. The summed E-state index contributed by atoms with van der Waals surface area (Å²) in [6.07, 6.45) is 2.00. The van der Waals surface area contributed by atoms with Gasteiger partial charge >= 0.3 is 0 Å². The summed E-state index contributed by atoms with van der Waals surface area (Å²) in [7, 11) is 0. The van der Waals surface area contributed by atoms with Gasteiger partial charge in [0.2, 0.25) is 0 Å². The van der Waals surface area contributed by atoms with E-state index < -0.39 is 12.7 Å². The smallest absolute Gasteiger partial charge is 0.115 e. The van der Waals surface area contributed by atoms with Crippen molar-refractivity contribution in [2.75, 3.05) is 13.0 Å². The molecule has 2 atom stereocenters. The van der Waals surface area contributed by atoms with Crippen molar-refractivity contribution in [3.05, 3.63) is 0 Å². The van der Waals surface area contributed by atoms with Crippen LogP contribution in [-0.2, 0) is 0 Å². The van der Waals surface area contributed by atoms with Crippen molar-refractivity contribution in [1.82, 2.24) is 4.90 Å². The molecule has 2 rings (SSSR count). The minimum absolute atomic E-state index is 0.183. The van der Waals surface area contributed by atoms with Crippen molar-refractivity contribution in [2.24, 2.45) is 5.92 Å². The molecular formula is C11H20FN. The first-order chi connectivity index (χ1) is 6.86. The zero-order valence-corrected chi connectivity index (χ0v) is 8.52. The van der Waals surface area contributed by atoms with Gasteiger partial charge in [-0.3, -0.25) is 4.90 Å². The van der Waals surface area contributed by atoms with Crippen molar-refractivity contribution < 1.29 is 7.13 Å². The van der Waals surface area contributed by atoms with Gasteiger partial charge in [-0.15, -0.1) is 0 Å². The highest BCUT2D eigenvalue weighted by Gasteiger charge is 2.48. The SMILES string of the molecule is [2H]C1([2H])CC[C@@]2(CC(C)C)C[C@@H](F)CN12. The van der Waals surface area contributed by atoms with Crippen LogP contribution in [0.3, 0.4) is 0 Å². The number of nitrogens with zero attached hydrogens (tertiary/aromatic N) is 1. The third kappa shape index (κ3) is 1.61. The molecule has 0 aliphatic carbocycles. The van der Waals surface area contributed by atoms with Gasteiger partial charge in [-0.25, -0.2) is 4.39 Å². The Kier molecular flexibility index (Phi) is 1.79. The molecule has 76 valence electrons. The quantitative estimate of drug-likeness (QED) is 0.642. The fraction of sp³-hybridized carbons (Fsp3) is 1.00. The lowest BCUT2D eigenvalue weighted by Gasteiger charge is -2.33. The molecule has 0 amide bonds. The second-order valence-corrected chi connectivity index (χ2v) is 4.89. The van der Waals surface area contributed by atoms with Crippen LogP contribution in [0.25, 0.3) is 0 Å². The normalized spacial score (nSPS) is 46.3. The van der Waals surface area contributed by atoms with E-state index in [0.717, 1.165) is 12.8 Å². The lowest BCUT2D eigenvalue weighted by molar-refractivity contribution is 0.163. The summed E-state index contributed by atoms with van der Waals surface area (Å²) in [6.45, 7) is 3.27. The van der Waals surface area contributed by atoms with Crippen LogP contribution < -0.4 is 0 Å². The van der Waals surface area contributed by atoms with E-state index >= 15 is 0 Å². The minimum Gasteiger partial charge on any atom is -0.295 e. The Bertz CT molecular complexity index is 257. The lowest BCUT2D eigenvalue weighted by Crippen LogP contribution is -2.39. The first kappa shape index (κ1) is 7.22. The molecule has 2 fully saturated rings. The molecule has 0 spiro atoms. The predicted octanol–water partition coefficient (Wildman–Crippen LogP) is 2.61. The molecule has 0 aromatic carbocycles. The first-order valence-corrected chi connectivity index (χ1v) is 5.28. The summed E-state index contributed by atoms with van der Waals surface area (Å²) in [5.41, 5.74) is -0.183. The molecule has 2 saturated heterocycles. The van der Waals surface area contributed by atoms with E-state index in [4.69, 9.17) is 2.74 Å². The van der Waals surface area contributed by atoms with E-state index in [9.17, 15) is 4.39 Å². The van der Waals surface area contributed by atoms with Crippen LogP contribution in [0.5, 0.6) is 0 Å². The Morgan fingerprint density at radius 3 is 3.15 bits per heavy atom. The van der Waals surface area contributed by atoms with Gasteiger partial charge in [-0.05, 0) is 38.1 Å². The molecular weight excluding hydrogens is 165 g/mol. The van der Waals surface area contributed by atoms with E-state index in [-0.39, 0.29) is 5.54 Å². The molecule has 2 aliphatic rings. The minimum atomic E-state index is -1.28. The number of halogens is 1. The average Bonchev–Trinajstić information content (AvgIpc) is 2.49. The summed E-state index contributed by atoms with van der Waals surface area (Å²) in [5, 5.41) is 0. The fourth-order valence-corrected chi connectivity index (χ4v) is 2.93. The summed E-state index contributed by atoms with van der Waals surface area (Å²) in [4.78, 5) is 1.80. The Balaban J connectivity index is 2.22. The molecule has 1 nitrogen and oxygen atoms in total. The van der Waals surface area contributed by atoms with Crippen LogP contribution >= 0.6 is 0 Å². The Morgan fingerprint density at radius 2 is 2.46 bits per heavy atom. The first-order valence-electron chi connectivity index (χ1n) is 6.28. The number of rotatable bonds is 2. The largest absolute Gasteiger partial charge is 0.295 e. The molecule has 2 heteroatoms. The molecule has 0 bridgehead atoms. The van der Waals surface area contributed by atoms with Gasteiger partial charge in [0.05, 0.1) is 0 Å². The van der Waals surface area contributed by atoms with Gasteiger partial charge < -0.3 is 0 Å². The van der Waals surface area contributed by atoms with Crippen molar-refractivity contribution in [3.63, 3.8) is 0 Å². The van der Waals surface area contributed by atoms with Gasteiger partial charge in [0.25, 0.3) is 0 Å². The van der Waals surface area contributed by atoms with Crippen molar-refractivity contribution in [2.45, 2.75) is 51.2 Å². The molecule has 0 aromatic heterocycles. The van der Waals surface area contributed by atoms with Crippen molar-refractivity contribution in [3.8, 4) is 0 Å². The van der Waals surface area contributed by atoms with Crippen LogP contribution in [0.2, 0.25) is 0 Å². The van der Waals surface area contributed by atoms with Crippen molar-refractivity contribution >= 4 is 0 Å². The van der Waals surface area contributed by atoms with Crippen LogP contribution in [0.15, 0.2) is 0 Å². The third-order valence-corrected chi connectivity index (χ3v) is 3.24. The number of alkyl halides is 1. The standard InChI is InChI=1S/C11H20FN/c1-9(2)6-11-4-3-5-13(11)8-10(12)7-11/h9-10H,3-8H2,1-2H3/t10-,11-/m1/s1/i5D2. The summed E-state index contributed by atoms with van der Waals surface area (Å²) >= 11 is 0. The Labute approximate surface area is 83.1 Å². The van der Waals surface area contributed by atoms with Gasteiger partial charge in [0.1, 0.15) is 6.17 Å². The van der Waals surface area contributed by atoms with E-state index in [1.807, 2.05) is 0 Å². The second-order valence-electron chi connectivity index (χ2n) is 4.89. The molecule has 2 heterocycles. The molecule has 0 aromatic rings. The molecule has 0 N–H and O–H groups in total. The summed E-state index contributed by atoms with van der Waals surface area (Å²) in [6, 6.07) is 0. The molecule has 2 aliphatic heterocycles.